The minimum Gasteiger partial charge on any atom is -0.383 e. The predicted octanol–water partition coefficient (Wildman–Crippen LogP) is 3.52. The van der Waals surface area contributed by atoms with Crippen molar-refractivity contribution in [3.63, 3.8) is 0 Å². The molecular formula is C17H33NO2. The molecule has 1 atom stereocenters. The van der Waals surface area contributed by atoms with Gasteiger partial charge in [0.2, 0.25) is 0 Å². The second-order valence-electron chi connectivity index (χ2n) is 7.47. The zero-order valence-electron chi connectivity index (χ0n) is 13.7. The van der Waals surface area contributed by atoms with E-state index >= 15 is 0 Å². The standard InChI is InChI=1S/C17H33NO2/c1-16(2)10-7-15(20-16)13-17(8-5-4-6-9-17)14-18-11-12-19-3/h15,18H,4-14H2,1-3H3. The summed E-state index contributed by atoms with van der Waals surface area (Å²) in [6, 6.07) is 0. The Morgan fingerprint density at radius 2 is 1.90 bits per heavy atom. The number of hydrogen-bond donors (Lipinski definition) is 1. The molecule has 0 aromatic heterocycles. The van der Waals surface area contributed by atoms with Gasteiger partial charge in [0.1, 0.15) is 0 Å². The maximum Gasteiger partial charge on any atom is 0.0631 e. The maximum absolute atomic E-state index is 6.25. The van der Waals surface area contributed by atoms with E-state index in [-0.39, 0.29) is 5.60 Å². The number of rotatable bonds is 7. The molecule has 118 valence electrons. The van der Waals surface area contributed by atoms with Gasteiger partial charge in [0, 0.05) is 20.2 Å². The molecule has 1 aliphatic carbocycles. The highest BCUT2D eigenvalue weighted by molar-refractivity contribution is 4.91. The minimum atomic E-state index is 0.101. The molecule has 0 radical (unpaired) electrons. The van der Waals surface area contributed by atoms with Crippen LogP contribution in [0.5, 0.6) is 0 Å². The first-order valence-corrected chi connectivity index (χ1v) is 8.43. The van der Waals surface area contributed by atoms with E-state index in [0.29, 0.717) is 11.5 Å². The molecule has 1 aliphatic heterocycles. The molecular weight excluding hydrogens is 250 g/mol. The first-order valence-electron chi connectivity index (χ1n) is 8.43. The lowest BCUT2D eigenvalue weighted by atomic mass is 9.70. The van der Waals surface area contributed by atoms with Gasteiger partial charge in [0.15, 0.2) is 0 Å². The van der Waals surface area contributed by atoms with Crippen molar-refractivity contribution >= 4 is 0 Å². The van der Waals surface area contributed by atoms with E-state index in [9.17, 15) is 0 Å². The fraction of sp³-hybridized carbons (Fsp3) is 1.00. The molecule has 1 unspecified atom stereocenters. The van der Waals surface area contributed by atoms with Crippen LogP contribution in [0, 0.1) is 5.41 Å². The van der Waals surface area contributed by atoms with Gasteiger partial charge in [-0.25, -0.2) is 0 Å². The summed E-state index contributed by atoms with van der Waals surface area (Å²) in [6.45, 7) is 7.38. The van der Waals surface area contributed by atoms with Crippen LogP contribution in [-0.4, -0.2) is 38.5 Å². The van der Waals surface area contributed by atoms with Gasteiger partial charge < -0.3 is 14.8 Å². The van der Waals surface area contributed by atoms with E-state index < -0.39 is 0 Å². The van der Waals surface area contributed by atoms with Crippen LogP contribution in [0.1, 0.15) is 65.2 Å². The summed E-state index contributed by atoms with van der Waals surface area (Å²) in [5.74, 6) is 0. The quantitative estimate of drug-likeness (QED) is 0.725. The van der Waals surface area contributed by atoms with E-state index in [0.717, 1.165) is 19.7 Å². The van der Waals surface area contributed by atoms with Gasteiger partial charge >= 0.3 is 0 Å². The SMILES string of the molecule is COCCNCC1(CC2CCC(C)(C)O2)CCCCC1. The topological polar surface area (TPSA) is 30.5 Å². The summed E-state index contributed by atoms with van der Waals surface area (Å²) in [4.78, 5) is 0. The number of methoxy groups -OCH3 is 1. The molecule has 0 spiro atoms. The van der Waals surface area contributed by atoms with Crippen molar-refractivity contribution in [2.45, 2.75) is 76.9 Å². The minimum absolute atomic E-state index is 0.101. The summed E-state index contributed by atoms with van der Waals surface area (Å²) in [5, 5.41) is 3.61. The molecule has 1 saturated heterocycles. The Bertz CT molecular complexity index is 285. The smallest absolute Gasteiger partial charge is 0.0631 e. The van der Waals surface area contributed by atoms with Crippen molar-refractivity contribution in [2.75, 3.05) is 26.8 Å². The van der Waals surface area contributed by atoms with Crippen LogP contribution in [0.3, 0.4) is 0 Å². The summed E-state index contributed by atoms with van der Waals surface area (Å²) in [5.41, 5.74) is 0.571. The Kier molecular flexibility index (Phi) is 5.88. The first-order chi connectivity index (χ1) is 9.55. The van der Waals surface area contributed by atoms with Crippen molar-refractivity contribution in [1.82, 2.24) is 5.32 Å². The molecule has 0 aromatic rings. The van der Waals surface area contributed by atoms with Gasteiger partial charge in [-0.05, 0) is 51.4 Å². The summed E-state index contributed by atoms with van der Waals surface area (Å²) >= 11 is 0. The normalized spacial score (nSPS) is 28.6. The molecule has 3 nitrogen and oxygen atoms in total. The number of nitrogens with one attached hydrogen (secondary N) is 1. The maximum atomic E-state index is 6.25. The van der Waals surface area contributed by atoms with Gasteiger partial charge in [0.05, 0.1) is 18.3 Å². The van der Waals surface area contributed by atoms with Crippen molar-refractivity contribution < 1.29 is 9.47 Å². The van der Waals surface area contributed by atoms with E-state index in [1.165, 1.54) is 51.4 Å². The van der Waals surface area contributed by atoms with E-state index in [1.54, 1.807) is 7.11 Å². The van der Waals surface area contributed by atoms with Crippen LogP contribution in [0.25, 0.3) is 0 Å². The van der Waals surface area contributed by atoms with Crippen molar-refractivity contribution in [3.8, 4) is 0 Å². The largest absolute Gasteiger partial charge is 0.383 e. The number of ether oxygens (including phenoxy) is 2. The molecule has 2 fully saturated rings. The molecule has 1 N–H and O–H groups in total. The van der Waals surface area contributed by atoms with Crippen LogP contribution >= 0.6 is 0 Å². The highest BCUT2D eigenvalue weighted by Crippen LogP contribution is 2.43. The summed E-state index contributed by atoms with van der Waals surface area (Å²) in [6.07, 6.45) is 11.1. The lowest BCUT2D eigenvalue weighted by Gasteiger charge is -2.39. The molecule has 2 rings (SSSR count). The van der Waals surface area contributed by atoms with Crippen molar-refractivity contribution in [2.24, 2.45) is 5.41 Å². The molecule has 0 bridgehead atoms. The lowest BCUT2D eigenvalue weighted by Crippen LogP contribution is -2.40. The van der Waals surface area contributed by atoms with Crippen LogP contribution in [0.4, 0.5) is 0 Å². The third-order valence-corrected chi connectivity index (χ3v) is 5.11. The van der Waals surface area contributed by atoms with Gasteiger partial charge in [-0.3, -0.25) is 0 Å². The Morgan fingerprint density at radius 3 is 2.50 bits per heavy atom. The van der Waals surface area contributed by atoms with Gasteiger partial charge in [-0.1, -0.05) is 19.3 Å². The Labute approximate surface area is 124 Å². The third kappa shape index (κ3) is 4.71. The Morgan fingerprint density at radius 1 is 1.15 bits per heavy atom. The summed E-state index contributed by atoms with van der Waals surface area (Å²) < 4.78 is 11.4. The van der Waals surface area contributed by atoms with Crippen molar-refractivity contribution in [3.05, 3.63) is 0 Å². The number of hydrogen-bond acceptors (Lipinski definition) is 3. The zero-order valence-corrected chi connectivity index (χ0v) is 13.7. The highest BCUT2D eigenvalue weighted by atomic mass is 16.5. The fourth-order valence-electron chi connectivity index (χ4n) is 3.99. The molecule has 20 heavy (non-hydrogen) atoms. The van der Waals surface area contributed by atoms with Crippen LogP contribution in [-0.2, 0) is 9.47 Å². The van der Waals surface area contributed by atoms with E-state index in [2.05, 4.69) is 19.2 Å². The van der Waals surface area contributed by atoms with E-state index in [4.69, 9.17) is 9.47 Å². The second-order valence-corrected chi connectivity index (χ2v) is 7.47. The van der Waals surface area contributed by atoms with Crippen LogP contribution in [0.2, 0.25) is 0 Å². The Hall–Kier alpha value is -0.120. The average molecular weight is 283 g/mol. The Balaban J connectivity index is 1.86. The lowest BCUT2D eigenvalue weighted by molar-refractivity contribution is -0.0410. The van der Waals surface area contributed by atoms with Crippen molar-refractivity contribution in [1.29, 1.82) is 0 Å². The summed E-state index contributed by atoms with van der Waals surface area (Å²) in [7, 11) is 1.77. The van der Waals surface area contributed by atoms with Gasteiger partial charge in [0.25, 0.3) is 0 Å². The van der Waals surface area contributed by atoms with E-state index in [1.807, 2.05) is 0 Å². The monoisotopic (exact) mass is 283 g/mol. The highest BCUT2D eigenvalue weighted by Gasteiger charge is 2.39. The second kappa shape index (κ2) is 7.24. The third-order valence-electron chi connectivity index (χ3n) is 5.11. The molecule has 2 aliphatic rings. The molecule has 3 heteroatoms. The van der Waals surface area contributed by atoms with Crippen LogP contribution < -0.4 is 5.32 Å². The van der Waals surface area contributed by atoms with Gasteiger partial charge in [-0.15, -0.1) is 0 Å². The zero-order chi connectivity index (χ0) is 14.5. The van der Waals surface area contributed by atoms with Crippen LogP contribution in [0.15, 0.2) is 0 Å². The first kappa shape index (κ1) is 16.3. The molecule has 0 amide bonds. The molecule has 0 aromatic carbocycles. The fourth-order valence-corrected chi connectivity index (χ4v) is 3.99. The molecule has 1 saturated carbocycles. The average Bonchev–Trinajstić information content (AvgIpc) is 2.75. The predicted molar refractivity (Wildman–Crippen MR) is 83.1 cm³/mol. The molecule has 1 heterocycles. The van der Waals surface area contributed by atoms with Gasteiger partial charge in [-0.2, -0.15) is 0 Å².